The first-order chi connectivity index (χ1) is 21.8. The van der Waals surface area contributed by atoms with Crippen LogP contribution in [0, 0.1) is 0 Å². The Hall–Kier alpha value is -3.80. The molecule has 0 unspecified atom stereocenters. The van der Waals surface area contributed by atoms with Crippen molar-refractivity contribution in [2.24, 2.45) is 5.10 Å². The van der Waals surface area contributed by atoms with Crippen LogP contribution in [-0.2, 0) is 42.9 Å². The molecule has 1 fully saturated rings. The van der Waals surface area contributed by atoms with Crippen molar-refractivity contribution >= 4 is 73.7 Å². The van der Waals surface area contributed by atoms with Gasteiger partial charge in [0.05, 0.1) is 10.7 Å². The minimum absolute atomic E-state index is 0.0601. The molecule has 0 radical (unpaired) electrons. The quantitative estimate of drug-likeness (QED) is 0.176. The van der Waals surface area contributed by atoms with E-state index in [-0.39, 0.29) is 17.5 Å². The molecule has 244 valence electrons. The summed E-state index contributed by atoms with van der Waals surface area (Å²) in [5.41, 5.74) is -0.159. The first kappa shape index (κ1) is 35.1. The molecule has 14 nitrogen and oxygen atoms in total. The molecule has 3 aromatic rings. The van der Waals surface area contributed by atoms with Gasteiger partial charge in [0.15, 0.2) is 29.6 Å². The highest BCUT2D eigenvalue weighted by Gasteiger charge is 2.53. The number of thioether (sulfide) groups is 1. The largest absolute Gasteiger partial charge is 0.506 e. The average molecular weight is 784 g/mol. The molecule has 2 heterocycles. The molecular weight excluding hydrogens is 756 g/mol. The lowest BCUT2D eigenvalue weighted by Gasteiger charge is -2.43. The number of rotatable bonds is 10. The molecule has 2 aromatic carbocycles. The number of hydrogen-bond acceptors (Lipinski definition) is 14. The Morgan fingerprint density at radius 1 is 0.935 bits per heavy atom. The fraction of sp³-hybridized carbons (Fsp3) is 0.345. The standard InChI is InChI=1S/C29H28Br2N4O10S/c1-14(36)41-13-22-24(42-15(2)37)25(43-16(3)38)26(44-17(4)39)28(45-22)46-29-34-33-27(18-8-6-5-7-9-18)35(29)32-12-19-10-20(30)11-21(31)23(19)40/h5-12,22,24-26,28,40H,13H2,1-4H3/b32-12+/t22-,24-,25+,26-,28+/m1/s1. The highest BCUT2D eigenvalue weighted by atomic mass is 79.9. The summed E-state index contributed by atoms with van der Waals surface area (Å²) in [5.74, 6) is -2.61. The summed E-state index contributed by atoms with van der Waals surface area (Å²) in [6.45, 7) is 4.24. The van der Waals surface area contributed by atoms with Crippen LogP contribution in [0.2, 0.25) is 0 Å². The van der Waals surface area contributed by atoms with Crippen molar-refractivity contribution in [1.82, 2.24) is 14.9 Å². The number of aromatic hydroxyl groups is 1. The van der Waals surface area contributed by atoms with Gasteiger partial charge in [0.25, 0.3) is 0 Å². The van der Waals surface area contributed by atoms with Gasteiger partial charge in [-0.2, -0.15) is 9.78 Å². The highest BCUT2D eigenvalue weighted by molar-refractivity contribution is 9.11. The van der Waals surface area contributed by atoms with Gasteiger partial charge in [0.2, 0.25) is 5.16 Å². The van der Waals surface area contributed by atoms with Crippen LogP contribution in [0.1, 0.15) is 33.3 Å². The van der Waals surface area contributed by atoms with Crippen molar-refractivity contribution in [2.75, 3.05) is 6.61 Å². The Morgan fingerprint density at radius 3 is 2.20 bits per heavy atom. The molecule has 0 amide bonds. The minimum atomic E-state index is -1.36. The molecule has 17 heteroatoms. The van der Waals surface area contributed by atoms with Crippen LogP contribution in [0.5, 0.6) is 5.75 Å². The summed E-state index contributed by atoms with van der Waals surface area (Å²) in [5, 5.41) is 23.9. The van der Waals surface area contributed by atoms with E-state index in [0.717, 1.165) is 32.5 Å². The number of halogens is 2. The predicted octanol–water partition coefficient (Wildman–Crippen LogP) is 4.23. The zero-order valence-corrected chi connectivity index (χ0v) is 28.8. The Morgan fingerprint density at radius 2 is 1.57 bits per heavy atom. The van der Waals surface area contributed by atoms with Gasteiger partial charge in [-0.3, -0.25) is 19.2 Å². The Labute approximate surface area is 284 Å². The second-order valence-electron chi connectivity index (χ2n) is 9.74. The van der Waals surface area contributed by atoms with Crippen molar-refractivity contribution in [3.05, 3.63) is 57.0 Å². The van der Waals surface area contributed by atoms with Gasteiger partial charge in [-0.25, -0.2) is 0 Å². The fourth-order valence-electron chi connectivity index (χ4n) is 4.40. The van der Waals surface area contributed by atoms with E-state index in [1.807, 2.05) is 18.2 Å². The van der Waals surface area contributed by atoms with E-state index in [0.29, 0.717) is 25.9 Å². The van der Waals surface area contributed by atoms with Crippen LogP contribution in [0.15, 0.2) is 61.7 Å². The maximum Gasteiger partial charge on any atom is 0.303 e. The van der Waals surface area contributed by atoms with Crippen LogP contribution < -0.4 is 0 Å². The van der Waals surface area contributed by atoms with E-state index >= 15 is 0 Å². The average Bonchev–Trinajstić information content (AvgIpc) is 3.38. The van der Waals surface area contributed by atoms with Gasteiger partial charge in [-0.15, -0.1) is 10.2 Å². The fourth-order valence-corrected chi connectivity index (χ4v) is 6.73. The number of hydrogen-bond donors (Lipinski definition) is 1. The van der Waals surface area contributed by atoms with Crippen molar-refractivity contribution in [3.63, 3.8) is 0 Å². The van der Waals surface area contributed by atoms with Gasteiger partial charge in [0.1, 0.15) is 18.5 Å². The van der Waals surface area contributed by atoms with E-state index in [2.05, 4.69) is 47.2 Å². The van der Waals surface area contributed by atoms with Crippen LogP contribution in [0.3, 0.4) is 0 Å². The highest BCUT2D eigenvalue weighted by Crippen LogP contribution is 2.38. The van der Waals surface area contributed by atoms with E-state index in [1.165, 1.54) is 17.8 Å². The van der Waals surface area contributed by atoms with E-state index < -0.39 is 53.7 Å². The summed E-state index contributed by atoms with van der Waals surface area (Å²) in [6, 6.07) is 12.4. The van der Waals surface area contributed by atoms with Gasteiger partial charge in [-0.1, -0.05) is 46.3 Å². The molecule has 1 aliphatic rings. The third-order valence-corrected chi connectivity index (χ3v) is 8.32. The van der Waals surface area contributed by atoms with Crippen molar-refractivity contribution in [1.29, 1.82) is 0 Å². The molecule has 1 N–H and O–H groups in total. The molecule has 46 heavy (non-hydrogen) atoms. The minimum Gasteiger partial charge on any atom is -0.506 e. The Balaban J connectivity index is 1.81. The Kier molecular flexibility index (Phi) is 11.9. The van der Waals surface area contributed by atoms with Crippen LogP contribution >= 0.6 is 43.6 Å². The lowest BCUT2D eigenvalue weighted by molar-refractivity contribution is -0.237. The Bertz CT molecular complexity index is 1640. The van der Waals surface area contributed by atoms with Crippen molar-refractivity contribution in [3.8, 4) is 17.1 Å². The van der Waals surface area contributed by atoms with Crippen molar-refractivity contribution < 1.29 is 48.0 Å². The van der Waals surface area contributed by atoms with Gasteiger partial charge in [0, 0.05) is 43.3 Å². The monoisotopic (exact) mass is 782 g/mol. The SMILES string of the molecule is CC(=O)OC[C@H]1O[C@@H](Sc2nnc(-c3ccccc3)n2/N=C/c2cc(Br)cc(Br)c2O)[C@H](OC(C)=O)[C@@H](OC(C)=O)[C@@H]1OC(C)=O. The lowest BCUT2D eigenvalue weighted by atomic mass is 9.99. The predicted molar refractivity (Wildman–Crippen MR) is 170 cm³/mol. The van der Waals surface area contributed by atoms with Gasteiger partial charge < -0.3 is 28.8 Å². The number of phenols is 1. The van der Waals surface area contributed by atoms with Gasteiger partial charge >= 0.3 is 23.9 Å². The maximum atomic E-state index is 12.3. The second kappa shape index (κ2) is 15.7. The molecule has 4 rings (SSSR count). The lowest BCUT2D eigenvalue weighted by Crippen LogP contribution is -2.61. The summed E-state index contributed by atoms with van der Waals surface area (Å²) in [6.07, 6.45) is -3.75. The van der Waals surface area contributed by atoms with E-state index in [9.17, 15) is 24.3 Å². The maximum absolute atomic E-state index is 12.3. The number of carbonyl (C=O) groups excluding carboxylic acids is 4. The van der Waals surface area contributed by atoms with Gasteiger partial charge in [-0.05, 0) is 39.8 Å². The zero-order valence-electron chi connectivity index (χ0n) is 24.8. The molecule has 0 aliphatic carbocycles. The zero-order chi connectivity index (χ0) is 33.5. The van der Waals surface area contributed by atoms with E-state index in [4.69, 9.17) is 23.7 Å². The number of benzene rings is 2. The number of aromatic nitrogens is 3. The molecule has 0 bridgehead atoms. The molecular formula is C29H28Br2N4O10S. The molecule has 0 spiro atoms. The summed E-state index contributed by atoms with van der Waals surface area (Å²) >= 11 is 7.62. The summed E-state index contributed by atoms with van der Waals surface area (Å²) in [4.78, 5) is 48.2. The number of carbonyl (C=O) groups is 4. The molecule has 0 saturated carbocycles. The van der Waals surface area contributed by atoms with Crippen LogP contribution in [0.4, 0.5) is 0 Å². The number of phenolic OH excluding ortho intramolecular Hbond substituents is 1. The molecule has 5 atom stereocenters. The third-order valence-electron chi connectivity index (χ3n) is 6.18. The summed E-state index contributed by atoms with van der Waals surface area (Å²) in [7, 11) is 0. The summed E-state index contributed by atoms with van der Waals surface area (Å²) < 4.78 is 30.4. The topological polar surface area (TPSA) is 178 Å². The second-order valence-corrected chi connectivity index (χ2v) is 12.6. The van der Waals surface area contributed by atoms with Crippen LogP contribution in [-0.4, -0.2) is 86.5 Å². The molecule has 1 saturated heterocycles. The number of ether oxygens (including phenoxy) is 5. The van der Waals surface area contributed by atoms with Crippen molar-refractivity contribution in [2.45, 2.75) is 62.7 Å². The van der Waals surface area contributed by atoms with E-state index in [1.54, 1.807) is 24.3 Å². The van der Waals surface area contributed by atoms with Crippen LogP contribution in [0.25, 0.3) is 11.4 Å². The molecule has 1 aliphatic heterocycles. The smallest absolute Gasteiger partial charge is 0.303 e. The first-order valence-corrected chi connectivity index (χ1v) is 16.0. The number of esters is 4. The number of nitrogens with zero attached hydrogens (tertiary/aromatic N) is 4. The first-order valence-electron chi connectivity index (χ1n) is 13.5. The normalized spacial score (nSPS) is 21.0. The third kappa shape index (κ3) is 8.92. The molecule has 1 aromatic heterocycles.